The maximum atomic E-state index is 12.3. The zero-order valence-corrected chi connectivity index (χ0v) is 14.3. The number of nitrogens with one attached hydrogen (secondary N) is 1. The fraction of sp³-hybridized carbons (Fsp3) is 0.312. The maximum Gasteiger partial charge on any atom is 0.251 e. The van der Waals surface area contributed by atoms with Gasteiger partial charge in [-0.2, -0.15) is 0 Å². The van der Waals surface area contributed by atoms with Crippen LogP contribution in [0.15, 0.2) is 45.9 Å². The Balaban J connectivity index is 2.29. The first-order chi connectivity index (χ1) is 10.7. The first-order valence-corrected chi connectivity index (χ1v) is 8.55. The molecular formula is C16H20N2O4S. The van der Waals surface area contributed by atoms with Crippen LogP contribution in [0.2, 0.25) is 0 Å². The Bertz CT molecular complexity index is 795. The summed E-state index contributed by atoms with van der Waals surface area (Å²) >= 11 is 0. The minimum atomic E-state index is -3.60. The summed E-state index contributed by atoms with van der Waals surface area (Å²) in [5.74, 6) is 0.274. The lowest BCUT2D eigenvalue weighted by Gasteiger charge is -2.16. The van der Waals surface area contributed by atoms with Crippen LogP contribution in [-0.4, -0.2) is 32.7 Å². The molecule has 0 bridgehead atoms. The van der Waals surface area contributed by atoms with Crippen LogP contribution in [0.1, 0.15) is 34.6 Å². The van der Waals surface area contributed by atoms with E-state index in [1.165, 1.54) is 26.4 Å². The molecule has 0 aliphatic heterocycles. The Hall–Kier alpha value is -2.12. The Morgan fingerprint density at radius 3 is 2.52 bits per heavy atom. The van der Waals surface area contributed by atoms with Gasteiger partial charge in [0.1, 0.15) is 5.76 Å². The van der Waals surface area contributed by atoms with E-state index in [4.69, 9.17) is 4.42 Å². The number of hydrogen-bond donors (Lipinski definition) is 1. The van der Waals surface area contributed by atoms with E-state index >= 15 is 0 Å². The van der Waals surface area contributed by atoms with Crippen LogP contribution in [-0.2, 0) is 10.0 Å². The molecule has 23 heavy (non-hydrogen) atoms. The zero-order chi connectivity index (χ0) is 17.2. The molecule has 1 unspecified atom stereocenters. The first-order valence-electron chi connectivity index (χ1n) is 7.11. The van der Waals surface area contributed by atoms with Crippen molar-refractivity contribution in [3.05, 3.63) is 53.5 Å². The third-order valence-corrected chi connectivity index (χ3v) is 5.48. The summed E-state index contributed by atoms with van der Waals surface area (Å²) in [5.41, 5.74) is 0.878. The number of carbonyl (C=O) groups is 1. The lowest BCUT2D eigenvalue weighted by Crippen LogP contribution is -2.27. The topological polar surface area (TPSA) is 79.6 Å². The van der Waals surface area contributed by atoms with Crippen molar-refractivity contribution in [3.63, 3.8) is 0 Å². The van der Waals surface area contributed by atoms with Gasteiger partial charge in [0.05, 0.1) is 17.2 Å². The largest absolute Gasteiger partial charge is 0.467 e. The molecular weight excluding hydrogens is 316 g/mol. The Morgan fingerprint density at radius 1 is 1.26 bits per heavy atom. The highest BCUT2D eigenvalue weighted by Crippen LogP contribution is 2.20. The summed E-state index contributed by atoms with van der Waals surface area (Å²) in [6.45, 7) is 3.49. The van der Waals surface area contributed by atoms with Crippen molar-refractivity contribution < 1.29 is 17.6 Å². The van der Waals surface area contributed by atoms with Gasteiger partial charge >= 0.3 is 0 Å². The molecule has 6 nitrogen and oxygen atoms in total. The molecule has 1 heterocycles. The molecule has 124 valence electrons. The quantitative estimate of drug-likeness (QED) is 0.909. The Morgan fingerprint density at radius 2 is 1.96 bits per heavy atom. The van der Waals surface area contributed by atoms with E-state index in [2.05, 4.69) is 5.32 Å². The number of benzene rings is 1. The highest BCUT2D eigenvalue weighted by Gasteiger charge is 2.22. The number of hydrogen-bond acceptors (Lipinski definition) is 4. The minimum absolute atomic E-state index is 0.126. The van der Waals surface area contributed by atoms with E-state index in [0.717, 1.165) is 4.31 Å². The molecule has 0 aliphatic rings. The Kier molecular flexibility index (Phi) is 4.91. The summed E-state index contributed by atoms with van der Waals surface area (Å²) in [4.78, 5) is 12.5. The highest BCUT2D eigenvalue weighted by molar-refractivity contribution is 7.89. The smallest absolute Gasteiger partial charge is 0.251 e. The number of sulfonamides is 1. The van der Waals surface area contributed by atoms with Gasteiger partial charge in [0.2, 0.25) is 10.0 Å². The van der Waals surface area contributed by atoms with Crippen LogP contribution in [0, 0.1) is 6.92 Å². The van der Waals surface area contributed by atoms with Gasteiger partial charge in [0.15, 0.2) is 0 Å². The number of amides is 1. The second-order valence-electron chi connectivity index (χ2n) is 5.48. The van der Waals surface area contributed by atoms with E-state index in [1.54, 1.807) is 38.1 Å². The molecule has 1 N–H and O–H groups in total. The molecule has 1 atom stereocenters. The molecule has 1 aromatic heterocycles. The van der Waals surface area contributed by atoms with Crippen LogP contribution >= 0.6 is 0 Å². The highest BCUT2D eigenvalue weighted by atomic mass is 32.2. The number of nitrogens with zero attached hydrogens (tertiary/aromatic N) is 1. The maximum absolute atomic E-state index is 12.3. The van der Waals surface area contributed by atoms with Crippen LogP contribution in [0.5, 0.6) is 0 Å². The monoisotopic (exact) mass is 336 g/mol. The second kappa shape index (κ2) is 6.55. The number of carbonyl (C=O) groups excluding carboxylic acids is 1. The molecule has 0 aliphatic carbocycles. The molecule has 2 rings (SSSR count). The summed E-state index contributed by atoms with van der Waals surface area (Å²) in [5, 5.41) is 2.78. The van der Waals surface area contributed by atoms with E-state index in [-0.39, 0.29) is 22.4 Å². The minimum Gasteiger partial charge on any atom is -0.467 e. The predicted molar refractivity (Wildman–Crippen MR) is 86.6 cm³/mol. The van der Waals surface area contributed by atoms with Crippen molar-refractivity contribution in [2.75, 3.05) is 14.1 Å². The third-order valence-electron chi connectivity index (χ3n) is 3.53. The molecule has 1 aromatic carbocycles. The molecule has 0 saturated heterocycles. The summed E-state index contributed by atoms with van der Waals surface area (Å²) in [6, 6.07) is 7.83. The van der Waals surface area contributed by atoms with Crippen LogP contribution in [0.25, 0.3) is 0 Å². The van der Waals surface area contributed by atoms with E-state index in [1.807, 2.05) is 0 Å². The molecule has 2 aromatic rings. The van der Waals surface area contributed by atoms with Gasteiger partial charge in [-0.3, -0.25) is 4.79 Å². The van der Waals surface area contributed by atoms with Crippen molar-refractivity contribution in [2.24, 2.45) is 0 Å². The number of aryl methyl sites for hydroxylation is 1. The van der Waals surface area contributed by atoms with Gasteiger partial charge in [0, 0.05) is 19.7 Å². The van der Waals surface area contributed by atoms with Crippen molar-refractivity contribution in [1.29, 1.82) is 0 Å². The van der Waals surface area contributed by atoms with Crippen LogP contribution < -0.4 is 5.32 Å². The van der Waals surface area contributed by atoms with Gasteiger partial charge in [-0.1, -0.05) is 6.07 Å². The molecule has 0 spiro atoms. The SMILES string of the molecule is Cc1ccc(C(=O)NC(C)c2ccco2)cc1S(=O)(=O)N(C)C. The van der Waals surface area contributed by atoms with E-state index < -0.39 is 10.0 Å². The fourth-order valence-electron chi connectivity index (χ4n) is 2.10. The van der Waals surface area contributed by atoms with Gasteiger partial charge in [-0.15, -0.1) is 0 Å². The average Bonchev–Trinajstić information content (AvgIpc) is 3.01. The second-order valence-corrected chi connectivity index (χ2v) is 7.60. The normalized spacial score (nSPS) is 13.1. The van der Waals surface area contributed by atoms with Crippen molar-refractivity contribution >= 4 is 15.9 Å². The summed E-state index contributed by atoms with van der Waals surface area (Å²) < 4.78 is 31.0. The van der Waals surface area contributed by atoms with E-state index in [0.29, 0.717) is 11.3 Å². The van der Waals surface area contributed by atoms with Gasteiger partial charge in [0.25, 0.3) is 5.91 Å². The molecule has 0 fully saturated rings. The fourth-order valence-corrected chi connectivity index (χ4v) is 3.25. The van der Waals surface area contributed by atoms with Crippen molar-refractivity contribution in [1.82, 2.24) is 9.62 Å². The van der Waals surface area contributed by atoms with Crippen LogP contribution in [0.4, 0.5) is 0 Å². The average molecular weight is 336 g/mol. The molecule has 0 radical (unpaired) electrons. The lowest BCUT2D eigenvalue weighted by atomic mass is 10.1. The zero-order valence-electron chi connectivity index (χ0n) is 13.5. The standard InChI is InChI=1S/C16H20N2O4S/c1-11-7-8-13(10-15(11)23(20,21)18(3)4)16(19)17-12(2)14-6-5-9-22-14/h5-10,12H,1-4H3,(H,17,19). The van der Waals surface area contributed by atoms with Crippen LogP contribution in [0.3, 0.4) is 0 Å². The third kappa shape index (κ3) is 3.62. The summed E-state index contributed by atoms with van der Waals surface area (Å²) in [6.07, 6.45) is 1.53. The van der Waals surface area contributed by atoms with Gasteiger partial charge in [-0.25, -0.2) is 12.7 Å². The number of furan rings is 1. The molecule has 0 saturated carbocycles. The predicted octanol–water partition coefficient (Wildman–Crippen LogP) is 2.33. The van der Waals surface area contributed by atoms with Gasteiger partial charge in [-0.05, 0) is 43.7 Å². The van der Waals surface area contributed by atoms with Gasteiger partial charge < -0.3 is 9.73 Å². The Labute approximate surface area is 136 Å². The molecule has 1 amide bonds. The lowest BCUT2D eigenvalue weighted by molar-refractivity contribution is 0.0935. The van der Waals surface area contributed by atoms with Crippen molar-refractivity contribution in [2.45, 2.75) is 24.8 Å². The number of rotatable bonds is 5. The van der Waals surface area contributed by atoms with Crippen molar-refractivity contribution in [3.8, 4) is 0 Å². The first kappa shape index (κ1) is 17.2. The van der Waals surface area contributed by atoms with E-state index in [9.17, 15) is 13.2 Å². The molecule has 7 heteroatoms. The summed E-state index contributed by atoms with van der Waals surface area (Å²) in [7, 11) is -0.683.